The average molecular weight is 488 g/mol. The molecule has 0 bridgehead atoms. The number of nitrogens with one attached hydrogen (secondary N) is 1. The summed E-state index contributed by atoms with van der Waals surface area (Å²) >= 11 is 0. The van der Waals surface area contributed by atoms with Gasteiger partial charge in [0.15, 0.2) is 5.78 Å². The topological polar surface area (TPSA) is 113 Å². The third-order valence-corrected chi connectivity index (χ3v) is 7.15. The van der Waals surface area contributed by atoms with E-state index in [4.69, 9.17) is 4.74 Å². The summed E-state index contributed by atoms with van der Waals surface area (Å²) in [5.74, 6) is 0.368. The first-order chi connectivity index (χ1) is 16.2. The van der Waals surface area contributed by atoms with Crippen LogP contribution in [0, 0.1) is 0 Å². The molecule has 1 saturated heterocycles. The van der Waals surface area contributed by atoms with Crippen LogP contribution in [0.4, 0.5) is 0 Å². The lowest BCUT2D eigenvalue weighted by atomic mass is 10.1. The van der Waals surface area contributed by atoms with Gasteiger partial charge in [0.1, 0.15) is 5.75 Å². The normalized spacial score (nSPS) is 14.1. The molecule has 2 aromatic rings. The van der Waals surface area contributed by atoms with E-state index in [2.05, 4.69) is 4.72 Å². The zero-order valence-electron chi connectivity index (χ0n) is 19.3. The molecule has 0 radical (unpaired) electrons. The lowest BCUT2D eigenvalue weighted by molar-refractivity contribution is -0.139. The van der Waals surface area contributed by atoms with Crippen LogP contribution in [-0.2, 0) is 26.0 Å². The molecule has 0 unspecified atom stereocenters. The number of benzene rings is 2. The van der Waals surface area contributed by atoms with Gasteiger partial charge in [0.05, 0.1) is 18.4 Å². The van der Waals surface area contributed by atoms with Gasteiger partial charge in [0, 0.05) is 44.7 Å². The molecule has 0 atom stereocenters. The number of carbonyl (C=O) groups is 3. The van der Waals surface area contributed by atoms with E-state index < -0.39 is 10.0 Å². The summed E-state index contributed by atoms with van der Waals surface area (Å²) < 4.78 is 32.4. The van der Waals surface area contributed by atoms with E-state index in [-0.39, 0.29) is 41.9 Å². The number of hydrogen-bond donors (Lipinski definition) is 1. The van der Waals surface area contributed by atoms with Crippen molar-refractivity contribution in [3.8, 4) is 5.75 Å². The van der Waals surface area contributed by atoms with Crippen molar-refractivity contribution < 1.29 is 27.5 Å². The summed E-state index contributed by atoms with van der Waals surface area (Å²) in [7, 11) is -2.20. The van der Waals surface area contributed by atoms with Crippen LogP contribution in [-0.4, -0.2) is 75.6 Å². The van der Waals surface area contributed by atoms with Crippen molar-refractivity contribution in [2.45, 2.75) is 24.7 Å². The van der Waals surface area contributed by atoms with Crippen LogP contribution in [0.2, 0.25) is 0 Å². The Labute approximate surface area is 199 Å². The first-order valence-electron chi connectivity index (χ1n) is 11.0. The quantitative estimate of drug-likeness (QED) is 0.536. The Morgan fingerprint density at radius 3 is 2.15 bits per heavy atom. The second kappa shape index (κ2) is 11.3. The largest absolute Gasteiger partial charge is 0.497 e. The minimum Gasteiger partial charge on any atom is -0.497 e. The van der Waals surface area contributed by atoms with Gasteiger partial charge < -0.3 is 14.5 Å². The van der Waals surface area contributed by atoms with E-state index in [1.165, 1.54) is 31.2 Å². The molecule has 0 aliphatic carbocycles. The van der Waals surface area contributed by atoms with E-state index in [1.54, 1.807) is 16.9 Å². The minimum atomic E-state index is -3.78. The zero-order chi connectivity index (χ0) is 24.7. The summed E-state index contributed by atoms with van der Waals surface area (Å²) in [6.07, 6.45) is 0.281. The number of carbonyl (C=O) groups excluding carboxylic acids is 3. The molecule has 0 saturated carbocycles. The van der Waals surface area contributed by atoms with Gasteiger partial charge in [-0.2, -0.15) is 0 Å². The third-order valence-electron chi connectivity index (χ3n) is 5.68. The Balaban J connectivity index is 1.43. The summed E-state index contributed by atoms with van der Waals surface area (Å²) in [6.45, 7) is 3.05. The molecule has 1 N–H and O–H groups in total. The van der Waals surface area contributed by atoms with Gasteiger partial charge in [0.2, 0.25) is 21.8 Å². The second-order valence-electron chi connectivity index (χ2n) is 8.02. The molecule has 182 valence electrons. The van der Waals surface area contributed by atoms with Crippen molar-refractivity contribution >= 4 is 27.6 Å². The van der Waals surface area contributed by atoms with E-state index >= 15 is 0 Å². The van der Waals surface area contributed by atoms with Gasteiger partial charge in [-0.3, -0.25) is 14.4 Å². The highest BCUT2D eigenvalue weighted by Gasteiger charge is 2.24. The minimum absolute atomic E-state index is 0.0103. The maximum absolute atomic E-state index is 12.6. The predicted octanol–water partition coefficient (Wildman–Crippen LogP) is 1.48. The van der Waals surface area contributed by atoms with Crippen molar-refractivity contribution in [3.63, 3.8) is 0 Å². The molecule has 0 spiro atoms. The lowest BCUT2D eigenvalue weighted by Crippen LogP contribution is -2.51. The molecule has 9 nitrogen and oxygen atoms in total. The first kappa shape index (κ1) is 25.4. The molecule has 34 heavy (non-hydrogen) atoms. The molecule has 1 aliphatic heterocycles. The zero-order valence-corrected chi connectivity index (χ0v) is 20.1. The lowest BCUT2D eigenvalue weighted by Gasteiger charge is -2.35. The highest BCUT2D eigenvalue weighted by atomic mass is 32.2. The van der Waals surface area contributed by atoms with Gasteiger partial charge in [-0.1, -0.05) is 24.3 Å². The Bertz CT molecular complexity index is 1140. The second-order valence-corrected chi connectivity index (χ2v) is 9.79. The smallest absolute Gasteiger partial charge is 0.240 e. The van der Waals surface area contributed by atoms with Crippen LogP contribution in [0.3, 0.4) is 0 Å². The highest BCUT2D eigenvalue weighted by Crippen LogP contribution is 2.15. The van der Waals surface area contributed by atoms with Crippen molar-refractivity contribution in [1.82, 2.24) is 14.5 Å². The molecule has 1 heterocycles. The van der Waals surface area contributed by atoms with Gasteiger partial charge >= 0.3 is 0 Å². The fourth-order valence-electron chi connectivity index (χ4n) is 3.68. The monoisotopic (exact) mass is 487 g/mol. The van der Waals surface area contributed by atoms with Crippen LogP contribution < -0.4 is 9.46 Å². The molecular weight excluding hydrogens is 458 g/mol. The number of ether oxygens (including phenoxy) is 1. The van der Waals surface area contributed by atoms with Gasteiger partial charge in [0.25, 0.3) is 0 Å². The number of sulfonamides is 1. The molecule has 0 aromatic heterocycles. The summed E-state index contributed by atoms with van der Waals surface area (Å²) in [5, 5.41) is 0. The molecule has 2 aromatic carbocycles. The Hall–Kier alpha value is -3.24. The van der Waals surface area contributed by atoms with Gasteiger partial charge in [-0.15, -0.1) is 0 Å². The number of rotatable bonds is 9. The maximum atomic E-state index is 12.6. The first-order valence-corrected chi connectivity index (χ1v) is 12.5. The standard InChI is InChI=1S/C24H29N3O6S/c1-18(28)20-6-8-22(9-7-20)34(31,32)25-11-10-23(29)26-12-14-27(15-13-26)24(30)17-19-4-3-5-21(16-19)33-2/h3-9,16,25H,10-15,17H2,1-2H3. The van der Waals surface area contributed by atoms with Crippen molar-refractivity contribution in [2.75, 3.05) is 39.8 Å². The van der Waals surface area contributed by atoms with Crippen LogP contribution in [0.5, 0.6) is 5.75 Å². The SMILES string of the molecule is COc1cccc(CC(=O)N2CCN(C(=O)CCNS(=O)(=O)c3ccc(C(C)=O)cc3)CC2)c1. The Morgan fingerprint density at radius 1 is 0.941 bits per heavy atom. The molecule has 10 heteroatoms. The molecule has 1 fully saturated rings. The Kier molecular flexibility index (Phi) is 8.41. The molecule has 3 rings (SSSR count). The van der Waals surface area contributed by atoms with E-state index in [0.717, 1.165) is 5.56 Å². The number of ketones is 1. The predicted molar refractivity (Wildman–Crippen MR) is 126 cm³/mol. The van der Waals surface area contributed by atoms with Crippen LogP contribution in [0.25, 0.3) is 0 Å². The van der Waals surface area contributed by atoms with Crippen molar-refractivity contribution in [3.05, 3.63) is 59.7 Å². The fraction of sp³-hybridized carbons (Fsp3) is 0.375. The van der Waals surface area contributed by atoms with Gasteiger partial charge in [-0.05, 0) is 36.8 Å². The summed E-state index contributed by atoms with van der Waals surface area (Å²) in [4.78, 5) is 39.9. The number of amides is 2. The van der Waals surface area contributed by atoms with Crippen LogP contribution in [0.15, 0.2) is 53.4 Å². The third kappa shape index (κ3) is 6.64. The molecule has 1 aliphatic rings. The molecular formula is C24H29N3O6S. The van der Waals surface area contributed by atoms with E-state index in [0.29, 0.717) is 37.5 Å². The number of hydrogen-bond acceptors (Lipinski definition) is 6. The maximum Gasteiger partial charge on any atom is 0.240 e. The van der Waals surface area contributed by atoms with E-state index in [1.807, 2.05) is 24.3 Å². The number of piperazine rings is 1. The average Bonchev–Trinajstić information content (AvgIpc) is 2.84. The van der Waals surface area contributed by atoms with Crippen molar-refractivity contribution in [2.24, 2.45) is 0 Å². The van der Waals surface area contributed by atoms with Crippen LogP contribution >= 0.6 is 0 Å². The number of Topliss-reactive ketones (excluding diaryl/α,β-unsaturated/α-hetero) is 1. The highest BCUT2D eigenvalue weighted by molar-refractivity contribution is 7.89. The summed E-state index contributed by atoms with van der Waals surface area (Å²) in [5.41, 5.74) is 1.29. The Morgan fingerprint density at radius 2 is 1.56 bits per heavy atom. The van der Waals surface area contributed by atoms with Crippen LogP contribution in [0.1, 0.15) is 29.3 Å². The van der Waals surface area contributed by atoms with Crippen molar-refractivity contribution in [1.29, 1.82) is 0 Å². The van der Waals surface area contributed by atoms with E-state index in [9.17, 15) is 22.8 Å². The fourth-order valence-corrected chi connectivity index (χ4v) is 4.71. The van der Waals surface area contributed by atoms with Gasteiger partial charge in [-0.25, -0.2) is 13.1 Å². The molecule has 2 amide bonds. The number of methoxy groups -OCH3 is 1. The number of nitrogens with zero attached hydrogens (tertiary/aromatic N) is 2. The summed E-state index contributed by atoms with van der Waals surface area (Å²) in [6, 6.07) is 13.0.